The molecule has 0 bridgehead atoms. The number of thiophene rings is 1. The SMILES string of the molecule is CC(=O)C=Cc1cc([N+](=O)[O-])c(C)s1. The largest absolute Gasteiger partial charge is 0.295 e. The van der Waals surface area contributed by atoms with Crippen molar-refractivity contribution < 1.29 is 9.72 Å². The number of hydrogen-bond donors (Lipinski definition) is 0. The lowest BCUT2D eigenvalue weighted by molar-refractivity contribution is -0.385. The summed E-state index contributed by atoms with van der Waals surface area (Å²) in [4.78, 5) is 22.1. The van der Waals surface area contributed by atoms with E-state index in [1.165, 1.54) is 30.4 Å². The highest BCUT2D eigenvalue weighted by Gasteiger charge is 2.13. The van der Waals surface area contributed by atoms with Gasteiger partial charge in [-0.15, -0.1) is 11.3 Å². The predicted molar refractivity (Wildman–Crippen MR) is 55.4 cm³/mol. The Balaban J connectivity index is 2.97. The van der Waals surface area contributed by atoms with Crippen LogP contribution in [0.2, 0.25) is 0 Å². The minimum absolute atomic E-state index is 0.0706. The third kappa shape index (κ3) is 2.50. The van der Waals surface area contributed by atoms with Gasteiger partial charge in [0.05, 0.1) is 9.80 Å². The van der Waals surface area contributed by atoms with E-state index in [9.17, 15) is 14.9 Å². The van der Waals surface area contributed by atoms with Crippen molar-refractivity contribution in [2.75, 3.05) is 0 Å². The van der Waals surface area contributed by atoms with Crippen LogP contribution >= 0.6 is 11.3 Å². The van der Waals surface area contributed by atoms with Crippen LogP contribution in [0.15, 0.2) is 12.1 Å². The van der Waals surface area contributed by atoms with Crippen molar-refractivity contribution in [3.63, 3.8) is 0 Å². The van der Waals surface area contributed by atoms with E-state index in [0.29, 0.717) is 4.88 Å². The van der Waals surface area contributed by atoms with Crippen molar-refractivity contribution in [2.45, 2.75) is 13.8 Å². The lowest BCUT2D eigenvalue weighted by Gasteiger charge is -1.83. The number of nitro groups is 1. The summed E-state index contributed by atoms with van der Waals surface area (Å²) in [6, 6.07) is 1.47. The van der Waals surface area contributed by atoms with E-state index < -0.39 is 4.92 Å². The molecule has 0 saturated carbocycles. The van der Waals surface area contributed by atoms with Crippen LogP contribution in [0.3, 0.4) is 0 Å². The number of carbonyl (C=O) groups is 1. The maximum Gasteiger partial charge on any atom is 0.283 e. The zero-order valence-corrected chi connectivity index (χ0v) is 8.63. The van der Waals surface area contributed by atoms with Gasteiger partial charge >= 0.3 is 0 Å². The summed E-state index contributed by atoms with van der Waals surface area (Å²) in [6.45, 7) is 3.12. The van der Waals surface area contributed by atoms with E-state index >= 15 is 0 Å². The molecule has 5 heteroatoms. The number of carbonyl (C=O) groups excluding carboxylic acids is 1. The Morgan fingerprint density at radius 3 is 2.71 bits per heavy atom. The summed E-state index contributed by atoms with van der Waals surface area (Å²) in [6.07, 6.45) is 2.99. The molecule has 0 aromatic carbocycles. The second-order valence-electron chi connectivity index (χ2n) is 2.79. The number of hydrogen-bond acceptors (Lipinski definition) is 4. The Hall–Kier alpha value is -1.49. The van der Waals surface area contributed by atoms with E-state index in [1.807, 2.05) is 0 Å². The molecule has 1 heterocycles. The monoisotopic (exact) mass is 211 g/mol. The van der Waals surface area contributed by atoms with Crippen molar-refractivity contribution in [3.05, 3.63) is 32.0 Å². The Labute approximate surface area is 85.0 Å². The molecular weight excluding hydrogens is 202 g/mol. The minimum atomic E-state index is -0.420. The van der Waals surface area contributed by atoms with Crippen LogP contribution in [0.1, 0.15) is 16.7 Å². The second kappa shape index (κ2) is 4.15. The van der Waals surface area contributed by atoms with E-state index in [-0.39, 0.29) is 11.5 Å². The average molecular weight is 211 g/mol. The molecule has 1 rings (SSSR count). The van der Waals surface area contributed by atoms with Crippen LogP contribution in [0, 0.1) is 17.0 Å². The van der Waals surface area contributed by atoms with Crippen molar-refractivity contribution in [2.24, 2.45) is 0 Å². The molecule has 0 radical (unpaired) electrons. The third-order valence-electron chi connectivity index (χ3n) is 1.59. The number of aryl methyl sites for hydroxylation is 1. The van der Waals surface area contributed by atoms with Gasteiger partial charge in [0.1, 0.15) is 0 Å². The first-order chi connectivity index (χ1) is 6.50. The Morgan fingerprint density at radius 1 is 1.64 bits per heavy atom. The number of rotatable bonds is 3. The van der Waals surface area contributed by atoms with E-state index in [4.69, 9.17) is 0 Å². The third-order valence-corrected chi connectivity index (χ3v) is 2.59. The summed E-state index contributed by atoms with van der Waals surface area (Å²) in [5.74, 6) is -0.0706. The van der Waals surface area contributed by atoms with E-state index in [1.54, 1.807) is 13.0 Å². The van der Waals surface area contributed by atoms with E-state index in [2.05, 4.69) is 0 Å². The molecule has 1 aromatic rings. The van der Waals surface area contributed by atoms with Crippen LogP contribution in [-0.4, -0.2) is 10.7 Å². The molecule has 14 heavy (non-hydrogen) atoms. The normalized spacial score (nSPS) is 10.7. The molecule has 0 amide bonds. The van der Waals surface area contributed by atoms with Gasteiger partial charge in [0, 0.05) is 10.9 Å². The fourth-order valence-corrected chi connectivity index (χ4v) is 1.86. The summed E-state index contributed by atoms with van der Waals surface area (Å²) in [5.41, 5.74) is 0.109. The maximum atomic E-state index is 10.6. The lowest BCUT2D eigenvalue weighted by Crippen LogP contribution is -1.85. The zero-order chi connectivity index (χ0) is 10.7. The molecule has 0 atom stereocenters. The highest BCUT2D eigenvalue weighted by atomic mass is 32.1. The average Bonchev–Trinajstić information content (AvgIpc) is 2.43. The van der Waals surface area contributed by atoms with Gasteiger partial charge in [-0.3, -0.25) is 14.9 Å². The first-order valence-corrected chi connectivity index (χ1v) is 4.76. The van der Waals surface area contributed by atoms with Gasteiger partial charge in [0.15, 0.2) is 5.78 Å². The molecule has 1 aromatic heterocycles. The van der Waals surface area contributed by atoms with Gasteiger partial charge in [-0.1, -0.05) is 0 Å². The van der Waals surface area contributed by atoms with Gasteiger partial charge in [0.25, 0.3) is 5.69 Å². The van der Waals surface area contributed by atoms with Gasteiger partial charge in [0.2, 0.25) is 0 Å². The lowest BCUT2D eigenvalue weighted by atomic mass is 10.3. The quantitative estimate of drug-likeness (QED) is 0.438. The number of allylic oxidation sites excluding steroid dienone is 1. The van der Waals surface area contributed by atoms with E-state index in [0.717, 1.165) is 4.88 Å². The molecule has 74 valence electrons. The van der Waals surface area contributed by atoms with Crippen molar-refractivity contribution in [1.82, 2.24) is 0 Å². The number of ketones is 1. The standard InChI is InChI=1S/C9H9NO3S/c1-6(11)3-4-8-5-9(10(12)13)7(2)14-8/h3-5H,1-2H3. The van der Waals surface area contributed by atoms with Gasteiger partial charge in [-0.2, -0.15) is 0 Å². The first kappa shape index (κ1) is 10.6. The fourth-order valence-electron chi connectivity index (χ4n) is 0.958. The Bertz CT molecular complexity index is 406. The summed E-state index contributed by atoms with van der Waals surface area (Å²) < 4.78 is 0. The van der Waals surface area contributed by atoms with Crippen molar-refractivity contribution in [3.8, 4) is 0 Å². The minimum Gasteiger partial charge on any atom is -0.295 e. The first-order valence-electron chi connectivity index (χ1n) is 3.94. The zero-order valence-electron chi connectivity index (χ0n) is 7.81. The van der Waals surface area contributed by atoms with Crippen molar-refractivity contribution >= 4 is 28.9 Å². The molecule has 0 fully saturated rings. The fraction of sp³-hybridized carbons (Fsp3) is 0.222. The van der Waals surface area contributed by atoms with Gasteiger partial charge in [-0.25, -0.2) is 0 Å². The molecule has 0 unspecified atom stereocenters. The predicted octanol–water partition coefficient (Wildman–Crippen LogP) is 2.57. The second-order valence-corrected chi connectivity index (χ2v) is 4.08. The van der Waals surface area contributed by atoms with Gasteiger partial charge in [-0.05, 0) is 26.0 Å². The molecule has 0 aliphatic heterocycles. The highest BCUT2D eigenvalue weighted by Crippen LogP contribution is 2.28. The van der Waals surface area contributed by atoms with Crippen LogP contribution < -0.4 is 0 Å². The van der Waals surface area contributed by atoms with Crippen LogP contribution in [-0.2, 0) is 4.79 Å². The molecular formula is C9H9NO3S. The van der Waals surface area contributed by atoms with Crippen molar-refractivity contribution in [1.29, 1.82) is 0 Å². The van der Waals surface area contributed by atoms with Crippen LogP contribution in [0.25, 0.3) is 6.08 Å². The van der Waals surface area contributed by atoms with Gasteiger partial charge < -0.3 is 0 Å². The molecule has 0 aliphatic carbocycles. The topological polar surface area (TPSA) is 60.2 Å². The Morgan fingerprint density at radius 2 is 2.29 bits per heavy atom. The Kier molecular flexibility index (Phi) is 3.14. The molecule has 0 N–H and O–H groups in total. The summed E-state index contributed by atoms with van der Waals surface area (Å²) in [7, 11) is 0. The highest BCUT2D eigenvalue weighted by molar-refractivity contribution is 7.13. The molecule has 0 spiro atoms. The summed E-state index contributed by atoms with van der Waals surface area (Å²) in [5, 5.41) is 10.5. The molecule has 0 aliphatic rings. The number of nitrogens with zero attached hydrogens (tertiary/aromatic N) is 1. The molecule has 4 nitrogen and oxygen atoms in total. The molecule has 0 saturated heterocycles. The summed E-state index contributed by atoms with van der Waals surface area (Å²) >= 11 is 1.30. The maximum absolute atomic E-state index is 10.6. The van der Waals surface area contributed by atoms with Crippen LogP contribution in [0.5, 0.6) is 0 Å². The smallest absolute Gasteiger partial charge is 0.283 e. The van der Waals surface area contributed by atoms with Crippen LogP contribution in [0.4, 0.5) is 5.69 Å².